The highest BCUT2D eigenvalue weighted by molar-refractivity contribution is 14.1. The normalized spacial score (nSPS) is 10.9. The predicted octanol–water partition coefficient (Wildman–Crippen LogP) is 3.49. The first-order valence-corrected chi connectivity index (χ1v) is 8.92. The molecule has 140 valence electrons. The van der Waals surface area contributed by atoms with Crippen molar-refractivity contribution in [2.75, 3.05) is 0 Å². The summed E-state index contributed by atoms with van der Waals surface area (Å²) in [6.07, 6.45) is 0.614. The Morgan fingerprint density at radius 1 is 1.00 bits per heavy atom. The van der Waals surface area contributed by atoms with Crippen LogP contribution < -0.4 is 10.1 Å². The Hall–Kier alpha value is -2.88. The molecule has 2 aromatic rings. The van der Waals surface area contributed by atoms with E-state index < -0.39 is 17.8 Å². The first-order valence-electron chi connectivity index (χ1n) is 7.84. The number of aliphatic carboxylic acids is 2. The number of nitrogens with one attached hydrogen (secondary N) is 1. The molecule has 0 saturated heterocycles. The number of carbonyl (C=O) groups is 3. The fourth-order valence-corrected chi connectivity index (χ4v) is 2.54. The lowest BCUT2D eigenvalue weighted by Crippen LogP contribution is -2.27. The second-order valence-corrected chi connectivity index (χ2v) is 6.57. The van der Waals surface area contributed by atoms with Gasteiger partial charge in [-0.2, -0.15) is 0 Å². The van der Waals surface area contributed by atoms with Crippen LogP contribution in [0.15, 0.2) is 54.2 Å². The minimum absolute atomic E-state index is 0.303. The van der Waals surface area contributed by atoms with E-state index in [1.54, 1.807) is 24.3 Å². The summed E-state index contributed by atoms with van der Waals surface area (Å²) in [6.45, 7) is 0. The van der Waals surface area contributed by atoms with E-state index in [0.717, 1.165) is 3.57 Å². The van der Waals surface area contributed by atoms with Crippen LogP contribution in [-0.2, 0) is 14.4 Å². The molecule has 7 nitrogen and oxygen atoms in total. The zero-order valence-electron chi connectivity index (χ0n) is 14.0. The van der Waals surface area contributed by atoms with Gasteiger partial charge in [-0.15, -0.1) is 0 Å². The van der Waals surface area contributed by atoms with E-state index in [2.05, 4.69) is 27.9 Å². The van der Waals surface area contributed by atoms with Crippen LogP contribution in [0.5, 0.6) is 11.5 Å². The molecular formula is C19H16INO6. The molecule has 27 heavy (non-hydrogen) atoms. The van der Waals surface area contributed by atoms with Gasteiger partial charge in [-0.05, 0) is 58.5 Å². The van der Waals surface area contributed by atoms with E-state index in [-0.39, 0.29) is 18.5 Å². The zero-order chi connectivity index (χ0) is 19.8. The molecule has 0 fully saturated rings. The van der Waals surface area contributed by atoms with E-state index in [0.29, 0.717) is 17.1 Å². The van der Waals surface area contributed by atoms with Crippen LogP contribution in [0, 0.1) is 3.57 Å². The van der Waals surface area contributed by atoms with Crippen LogP contribution >= 0.6 is 22.6 Å². The van der Waals surface area contributed by atoms with E-state index in [9.17, 15) is 19.5 Å². The number of rotatable bonds is 8. The monoisotopic (exact) mass is 481 g/mol. The van der Waals surface area contributed by atoms with Gasteiger partial charge in [0.05, 0.1) is 9.99 Å². The SMILES string of the molecule is O=C(O)CCC(=O)N/C(=C/c1ccc(Oc2ccccc2I)cc1)C(=O)O. The molecule has 0 bridgehead atoms. The Morgan fingerprint density at radius 2 is 1.67 bits per heavy atom. The van der Waals surface area contributed by atoms with Crippen LogP contribution in [0.1, 0.15) is 18.4 Å². The van der Waals surface area contributed by atoms with Crippen LogP contribution in [0.3, 0.4) is 0 Å². The van der Waals surface area contributed by atoms with Gasteiger partial charge in [0.15, 0.2) is 0 Å². The Bertz CT molecular complexity index is 876. The maximum Gasteiger partial charge on any atom is 0.352 e. The predicted molar refractivity (Wildman–Crippen MR) is 106 cm³/mol. The Balaban J connectivity index is 2.08. The maximum atomic E-state index is 11.6. The largest absolute Gasteiger partial charge is 0.481 e. The first kappa shape index (κ1) is 20.4. The highest BCUT2D eigenvalue weighted by Gasteiger charge is 2.13. The zero-order valence-corrected chi connectivity index (χ0v) is 16.2. The fourth-order valence-electron chi connectivity index (χ4n) is 2.04. The van der Waals surface area contributed by atoms with Crippen molar-refractivity contribution in [2.24, 2.45) is 0 Å². The number of benzene rings is 2. The maximum absolute atomic E-state index is 11.6. The van der Waals surface area contributed by atoms with Crippen LogP contribution in [0.2, 0.25) is 0 Å². The van der Waals surface area contributed by atoms with Crippen molar-refractivity contribution in [1.29, 1.82) is 0 Å². The van der Waals surface area contributed by atoms with Gasteiger partial charge in [0.25, 0.3) is 0 Å². The molecule has 0 aliphatic carbocycles. The number of carbonyl (C=O) groups excluding carboxylic acids is 1. The number of halogens is 1. The molecule has 0 radical (unpaired) electrons. The second-order valence-electron chi connectivity index (χ2n) is 5.41. The van der Waals surface area contributed by atoms with Crippen molar-refractivity contribution in [3.05, 3.63) is 63.4 Å². The van der Waals surface area contributed by atoms with Gasteiger partial charge in [0.1, 0.15) is 17.2 Å². The molecule has 1 amide bonds. The molecule has 8 heteroatoms. The lowest BCUT2D eigenvalue weighted by molar-refractivity contribution is -0.138. The third kappa shape index (κ3) is 6.74. The quantitative estimate of drug-likeness (QED) is 0.393. The Labute approximate surface area is 168 Å². The summed E-state index contributed by atoms with van der Waals surface area (Å²) in [5.74, 6) is -1.84. The average molecular weight is 481 g/mol. The summed E-state index contributed by atoms with van der Waals surface area (Å²) in [7, 11) is 0. The highest BCUT2D eigenvalue weighted by atomic mass is 127. The molecule has 0 saturated carbocycles. The number of carboxylic acid groups (broad SMARTS) is 2. The summed E-state index contributed by atoms with van der Waals surface area (Å²) in [5, 5.41) is 20.0. The molecule has 0 aliphatic heterocycles. The third-order valence-electron chi connectivity index (χ3n) is 3.33. The van der Waals surface area contributed by atoms with Crippen LogP contribution in [0.4, 0.5) is 0 Å². The molecule has 0 aromatic heterocycles. The number of amides is 1. The summed E-state index contributed by atoms with van der Waals surface area (Å²) in [4.78, 5) is 33.4. The van der Waals surface area contributed by atoms with Crippen molar-refractivity contribution in [3.8, 4) is 11.5 Å². The number of carboxylic acids is 2. The highest BCUT2D eigenvalue weighted by Crippen LogP contribution is 2.26. The van der Waals surface area contributed by atoms with Crippen molar-refractivity contribution in [3.63, 3.8) is 0 Å². The third-order valence-corrected chi connectivity index (χ3v) is 4.22. The number of hydrogen-bond acceptors (Lipinski definition) is 4. The molecule has 0 aliphatic rings. The number of para-hydroxylation sites is 1. The molecule has 2 rings (SSSR count). The molecular weight excluding hydrogens is 465 g/mol. The minimum Gasteiger partial charge on any atom is -0.481 e. The lowest BCUT2D eigenvalue weighted by Gasteiger charge is -2.08. The van der Waals surface area contributed by atoms with Gasteiger partial charge in [-0.1, -0.05) is 24.3 Å². The summed E-state index contributed by atoms with van der Waals surface area (Å²) in [6, 6.07) is 14.2. The topological polar surface area (TPSA) is 113 Å². The van der Waals surface area contributed by atoms with Crippen LogP contribution in [0.25, 0.3) is 6.08 Å². The number of ether oxygens (including phenoxy) is 1. The van der Waals surface area contributed by atoms with Gasteiger partial charge in [0, 0.05) is 6.42 Å². The van der Waals surface area contributed by atoms with Crippen molar-refractivity contribution >= 4 is 46.5 Å². The first-order chi connectivity index (χ1) is 12.8. The van der Waals surface area contributed by atoms with Crippen LogP contribution in [-0.4, -0.2) is 28.1 Å². The van der Waals surface area contributed by atoms with Crippen molar-refractivity contribution in [2.45, 2.75) is 12.8 Å². The average Bonchev–Trinajstić information content (AvgIpc) is 2.62. The van der Waals surface area contributed by atoms with E-state index in [1.807, 2.05) is 24.3 Å². The number of hydrogen-bond donors (Lipinski definition) is 3. The Morgan fingerprint density at radius 3 is 2.26 bits per heavy atom. The summed E-state index contributed by atoms with van der Waals surface area (Å²) in [5.41, 5.74) is 0.206. The lowest BCUT2D eigenvalue weighted by atomic mass is 10.1. The minimum atomic E-state index is -1.32. The second kappa shape index (κ2) is 9.72. The van der Waals surface area contributed by atoms with Gasteiger partial charge < -0.3 is 20.3 Å². The smallest absolute Gasteiger partial charge is 0.352 e. The van der Waals surface area contributed by atoms with Gasteiger partial charge in [0.2, 0.25) is 5.91 Å². The van der Waals surface area contributed by atoms with E-state index >= 15 is 0 Å². The molecule has 2 aromatic carbocycles. The fraction of sp³-hybridized carbons (Fsp3) is 0.105. The van der Waals surface area contributed by atoms with E-state index in [1.165, 1.54) is 6.08 Å². The van der Waals surface area contributed by atoms with Crippen molar-refractivity contribution < 1.29 is 29.3 Å². The molecule has 0 spiro atoms. The molecule has 0 unspecified atom stereocenters. The van der Waals surface area contributed by atoms with E-state index in [4.69, 9.17) is 9.84 Å². The Kier molecular flexibility index (Phi) is 7.35. The van der Waals surface area contributed by atoms with Gasteiger partial charge in [-0.25, -0.2) is 4.79 Å². The standard InChI is InChI=1S/C19H16INO6/c20-14-3-1-2-4-16(14)27-13-7-5-12(6-8-13)11-15(19(25)26)21-17(22)9-10-18(23)24/h1-8,11H,9-10H2,(H,21,22)(H,23,24)(H,25,26)/b15-11+. The summed E-state index contributed by atoms with van der Waals surface area (Å²) < 4.78 is 6.72. The van der Waals surface area contributed by atoms with Gasteiger partial charge in [-0.3, -0.25) is 9.59 Å². The molecule has 0 heterocycles. The summed E-state index contributed by atoms with van der Waals surface area (Å²) >= 11 is 2.16. The van der Waals surface area contributed by atoms with Gasteiger partial charge >= 0.3 is 11.9 Å². The van der Waals surface area contributed by atoms with Crippen molar-refractivity contribution in [1.82, 2.24) is 5.32 Å². The molecule has 3 N–H and O–H groups in total. The molecule has 0 atom stereocenters.